The number of nitrogens with one attached hydrogen (secondary N) is 1. The fraction of sp³-hybridized carbons (Fsp3) is 0.474. The molecular weight excluding hydrogens is 316 g/mol. The molecule has 6 nitrogen and oxygen atoms in total. The van der Waals surface area contributed by atoms with E-state index in [1.807, 2.05) is 12.3 Å². The van der Waals surface area contributed by atoms with E-state index >= 15 is 0 Å². The first-order chi connectivity index (χ1) is 12.2. The first-order valence-electron chi connectivity index (χ1n) is 8.88. The zero-order chi connectivity index (χ0) is 17.1. The summed E-state index contributed by atoms with van der Waals surface area (Å²) in [6.07, 6.45) is 3.53. The summed E-state index contributed by atoms with van der Waals surface area (Å²) >= 11 is 0. The van der Waals surface area contributed by atoms with Gasteiger partial charge in [-0.05, 0) is 18.6 Å². The van der Waals surface area contributed by atoms with Crippen LogP contribution in [0, 0.1) is 6.92 Å². The summed E-state index contributed by atoms with van der Waals surface area (Å²) in [6, 6.07) is 10.4. The molecule has 2 aliphatic rings. The summed E-state index contributed by atoms with van der Waals surface area (Å²) in [5.41, 5.74) is 2.51. The Morgan fingerprint density at radius 1 is 1.16 bits per heavy atom. The van der Waals surface area contributed by atoms with Crippen molar-refractivity contribution in [2.24, 2.45) is 0 Å². The third kappa shape index (κ3) is 3.75. The van der Waals surface area contributed by atoms with Crippen molar-refractivity contribution >= 4 is 11.8 Å². The maximum Gasteiger partial charge on any atom is 0.227 e. The van der Waals surface area contributed by atoms with Crippen LogP contribution in [0.25, 0.3) is 0 Å². The minimum atomic E-state index is -0.364. The molecule has 1 N–H and O–H groups in total. The Balaban J connectivity index is 1.38. The van der Waals surface area contributed by atoms with Gasteiger partial charge in [-0.15, -0.1) is 0 Å². The predicted molar refractivity (Wildman–Crippen MR) is 96.6 cm³/mol. The van der Waals surface area contributed by atoms with Crippen molar-refractivity contribution in [3.63, 3.8) is 0 Å². The van der Waals surface area contributed by atoms with Crippen molar-refractivity contribution < 1.29 is 9.47 Å². The van der Waals surface area contributed by atoms with Crippen LogP contribution >= 0.6 is 0 Å². The molecule has 0 amide bonds. The van der Waals surface area contributed by atoms with Crippen LogP contribution in [-0.2, 0) is 16.0 Å². The van der Waals surface area contributed by atoms with Crippen LogP contribution < -0.4 is 10.2 Å². The molecule has 2 saturated heterocycles. The maximum atomic E-state index is 5.78. The Morgan fingerprint density at radius 2 is 1.96 bits per heavy atom. The number of aryl methyl sites for hydroxylation is 1. The van der Waals surface area contributed by atoms with E-state index in [1.54, 1.807) is 0 Å². The van der Waals surface area contributed by atoms with E-state index in [0.717, 1.165) is 44.2 Å². The van der Waals surface area contributed by atoms with Crippen LogP contribution in [-0.4, -0.2) is 42.1 Å². The Hall–Kier alpha value is -2.18. The molecule has 2 aliphatic heterocycles. The molecule has 6 heteroatoms. The molecule has 2 fully saturated rings. The molecule has 0 radical (unpaired) electrons. The average Bonchev–Trinajstić information content (AvgIpc) is 3.09. The average molecular weight is 340 g/mol. The second-order valence-corrected chi connectivity index (χ2v) is 6.68. The highest BCUT2D eigenvalue weighted by atomic mass is 16.7. The second kappa shape index (κ2) is 6.98. The summed E-state index contributed by atoms with van der Waals surface area (Å²) in [5, 5.41) is 3.39. The van der Waals surface area contributed by atoms with Crippen molar-refractivity contribution in [1.29, 1.82) is 0 Å². The van der Waals surface area contributed by atoms with Crippen molar-refractivity contribution in [3.05, 3.63) is 47.7 Å². The minimum Gasteiger partial charge on any atom is -0.366 e. The van der Waals surface area contributed by atoms with Gasteiger partial charge in [-0.3, -0.25) is 0 Å². The molecule has 2 aromatic rings. The number of rotatable bonds is 4. The number of hydrogen-bond donors (Lipinski definition) is 1. The Labute approximate surface area is 148 Å². The largest absolute Gasteiger partial charge is 0.366 e. The molecule has 0 bridgehead atoms. The van der Waals surface area contributed by atoms with Crippen LogP contribution in [0.3, 0.4) is 0 Å². The maximum absolute atomic E-state index is 5.78. The fourth-order valence-electron chi connectivity index (χ4n) is 3.45. The summed E-state index contributed by atoms with van der Waals surface area (Å²) < 4.78 is 11.6. The zero-order valence-electron chi connectivity index (χ0n) is 14.6. The van der Waals surface area contributed by atoms with Gasteiger partial charge in [-0.1, -0.05) is 29.8 Å². The molecule has 4 rings (SSSR count). The summed E-state index contributed by atoms with van der Waals surface area (Å²) in [6.45, 7) is 5.96. The fourth-order valence-corrected chi connectivity index (χ4v) is 3.45. The number of aromatic nitrogens is 2. The standard InChI is InChI=1S/C19H24N4O2/c1-15-3-2-4-16(13-15)14-21-17-5-8-20-18(22-17)23-9-6-19(7-10-23)24-11-12-25-19/h2-5,8,13H,6-7,9-12,14H2,1H3,(H,20,21,22). The highest BCUT2D eigenvalue weighted by Crippen LogP contribution is 2.32. The zero-order valence-corrected chi connectivity index (χ0v) is 14.6. The van der Waals surface area contributed by atoms with E-state index in [2.05, 4.69) is 51.4 Å². The van der Waals surface area contributed by atoms with Gasteiger partial charge in [0, 0.05) is 38.7 Å². The SMILES string of the molecule is Cc1cccc(CNc2ccnc(N3CCC4(CC3)OCCO4)n2)c1. The van der Waals surface area contributed by atoms with Crippen molar-refractivity contribution in [1.82, 2.24) is 9.97 Å². The van der Waals surface area contributed by atoms with Crippen molar-refractivity contribution in [3.8, 4) is 0 Å². The van der Waals surface area contributed by atoms with Crippen LogP contribution in [0.5, 0.6) is 0 Å². The van der Waals surface area contributed by atoms with E-state index in [4.69, 9.17) is 9.47 Å². The van der Waals surface area contributed by atoms with Gasteiger partial charge in [0.05, 0.1) is 13.2 Å². The Bertz CT molecular complexity index is 721. The molecule has 0 unspecified atom stereocenters. The van der Waals surface area contributed by atoms with Gasteiger partial charge in [0.25, 0.3) is 0 Å². The van der Waals surface area contributed by atoms with Gasteiger partial charge in [-0.25, -0.2) is 4.98 Å². The number of hydrogen-bond acceptors (Lipinski definition) is 6. The molecule has 25 heavy (non-hydrogen) atoms. The predicted octanol–water partition coefficient (Wildman–Crippen LogP) is 2.74. The van der Waals surface area contributed by atoms with E-state index in [1.165, 1.54) is 11.1 Å². The van der Waals surface area contributed by atoms with Gasteiger partial charge >= 0.3 is 0 Å². The normalized spacial score (nSPS) is 19.3. The van der Waals surface area contributed by atoms with E-state index in [0.29, 0.717) is 13.2 Å². The van der Waals surface area contributed by atoms with Crippen molar-refractivity contribution in [2.45, 2.75) is 32.1 Å². The Morgan fingerprint density at radius 3 is 2.72 bits per heavy atom. The summed E-state index contributed by atoms with van der Waals surface area (Å²) in [4.78, 5) is 11.3. The van der Waals surface area contributed by atoms with Gasteiger partial charge in [0.2, 0.25) is 5.95 Å². The van der Waals surface area contributed by atoms with Gasteiger partial charge < -0.3 is 19.7 Å². The van der Waals surface area contributed by atoms with Gasteiger partial charge in [0.15, 0.2) is 5.79 Å². The minimum absolute atomic E-state index is 0.364. The third-order valence-electron chi connectivity index (χ3n) is 4.82. The smallest absolute Gasteiger partial charge is 0.227 e. The van der Waals surface area contributed by atoms with Crippen LogP contribution in [0.15, 0.2) is 36.5 Å². The molecule has 0 saturated carbocycles. The molecular formula is C19H24N4O2. The second-order valence-electron chi connectivity index (χ2n) is 6.68. The third-order valence-corrected chi connectivity index (χ3v) is 4.82. The van der Waals surface area contributed by atoms with Gasteiger partial charge in [0.1, 0.15) is 5.82 Å². The number of ether oxygens (including phenoxy) is 2. The lowest BCUT2D eigenvalue weighted by Crippen LogP contribution is -2.45. The first kappa shape index (κ1) is 16.3. The van der Waals surface area contributed by atoms with Crippen LogP contribution in [0.4, 0.5) is 11.8 Å². The highest BCUT2D eigenvalue weighted by molar-refractivity contribution is 5.42. The number of nitrogens with zero attached hydrogens (tertiary/aromatic N) is 3. The van der Waals surface area contributed by atoms with E-state index in [9.17, 15) is 0 Å². The van der Waals surface area contributed by atoms with E-state index < -0.39 is 0 Å². The van der Waals surface area contributed by atoms with Crippen LogP contribution in [0.1, 0.15) is 24.0 Å². The van der Waals surface area contributed by atoms with Crippen LogP contribution in [0.2, 0.25) is 0 Å². The highest BCUT2D eigenvalue weighted by Gasteiger charge is 2.40. The lowest BCUT2D eigenvalue weighted by Gasteiger charge is -2.37. The molecule has 0 aliphatic carbocycles. The van der Waals surface area contributed by atoms with E-state index in [-0.39, 0.29) is 5.79 Å². The van der Waals surface area contributed by atoms with Crippen molar-refractivity contribution in [2.75, 3.05) is 36.5 Å². The molecule has 132 valence electrons. The quantitative estimate of drug-likeness (QED) is 0.923. The molecule has 1 spiro atoms. The lowest BCUT2D eigenvalue weighted by atomic mass is 10.0. The molecule has 3 heterocycles. The number of anilines is 2. The number of piperidine rings is 1. The first-order valence-corrected chi connectivity index (χ1v) is 8.88. The topological polar surface area (TPSA) is 59.5 Å². The molecule has 0 atom stereocenters. The summed E-state index contributed by atoms with van der Waals surface area (Å²) in [7, 11) is 0. The lowest BCUT2D eigenvalue weighted by molar-refractivity contribution is -0.169. The molecule has 1 aromatic heterocycles. The number of benzene rings is 1. The summed E-state index contributed by atoms with van der Waals surface area (Å²) in [5.74, 6) is 1.25. The molecule has 1 aromatic carbocycles. The Kier molecular flexibility index (Phi) is 4.55. The van der Waals surface area contributed by atoms with Gasteiger partial charge in [-0.2, -0.15) is 4.98 Å². The monoisotopic (exact) mass is 340 g/mol.